The predicted molar refractivity (Wildman–Crippen MR) is 89.3 cm³/mol. The Morgan fingerprint density at radius 2 is 2.12 bits per heavy atom. The highest BCUT2D eigenvalue weighted by atomic mass is 32.1. The molecule has 0 aliphatic heterocycles. The number of nitriles is 1. The minimum absolute atomic E-state index is 0.303. The molecule has 0 fully saturated rings. The van der Waals surface area contributed by atoms with E-state index in [0.717, 1.165) is 0 Å². The Kier molecular flexibility index (Phi) is 4.40. The van der Waals surface area contributed by atoms with Crippen molar-refractivity contribution in [2.24, 2.45) is 0 Å². The van der Waals surface area contributed by atoms with E-state index >= 15 is 0 Å². The molecule has 0 spiro atoms. The molecule has 0 aliphatic rings. The van der Waals surface area contributed by atoms with Gasteiger partial charge in [0.1, 0.15) is 27.9 Å². The van der Waals surface area contributed by atoms with Gasteiger partial charge in [0.15, 0.2) is 0 Å². The van der Waals surface area contributed by atoms with E-state index in [9.17, 15) is 10.1 Å². The second-order valence-electron chi connectivity index (χ2n) is 4.85. The summed E-state index contributed by atoms with van der Waals surface area (Å²) >= 11 is 1.24. The number of para-hydroxylation sites is 1. The fourth-order valence-corrected chi connectivity index (χ4v) is 3.29. The lowest BCUT2D eigenvalue weighted by atomic mass is 10.2. The molecule has 0 unspecified atom stereocenters. The number of carbonyl (C=O) groups excluding carboxylic acids is 1. The van der Waals surface area contributed by atoms with Crippen molar-refractivity contribution in [2.75, 3.05) is 6.61 Å². The molecular weight excluding hydrogens is 326 g/mol. The first kappa shape index (κ1) is 15.9. The molecule has 7 heteroatoms. The van der Waals surface area contributed by atoms with Crippen LogP contribution < -0.4 is 4.74 Å². The third-order valence-corrected chi connectivity index (χ3v) is 4.55. The van der Waals surface area contributed by atoms with E-state index in [-0.39, 0.29) is 5.97 Å². The van der Waals surface area contributed by atoms with Gasteiger partial charge in [-0.25, -0.2) is 14.8 Å². The first-order valence-corrected chi connectivity index (χ1v) is 8.05. The number of benzene rings is 1. The fourth-order valence-electron chi connectivity index (χ4n) is 2.26. The lowest BCUT2D eigenvalue weighted by Gasteiger charge is -2.07. The van der Waals surface area contributed by atoms with E-state index in [1.807, 2.05) is 0 Å². The molecule has 0 aliphatic carbocycles. The van der Waals surface area contributed by atoms with Gasteiger partial charge >= 0.3 is 5.97 Å². The Hall–Kier alpha value is -2.98. The van der Waals surface area contributed by atoms with E-state index in [1.165, 1.54) is 17.7 Å². The number of carbonyl (C=O) groups is 1. The maximum absolute atomic E-state index is 12.1. The van der Waals surface area contributed by atoms with Crippen LogP contribution in [-0.4, -0.2) is 22.5 Å². The van der Waals surface area contributed by atoms with Gasteiger partial charge in [0.05, 0.1) is 17.6 Å². The van der Waals surface area contributed by atoms with Gasteiger partial charge in [0.25, 0.3) is 0 Å². The number of rotatable bonds is 4. The van der Waals surface area contributed by atoms with Gasteiger partial charge in [0, 0.05) is 0 Å². The van der Waals surface area contributed by atoms with Crippen molar-refractivity contribution in [1.82, 2.24) is 9.97 Å². The zero-order valence-electron chi connectivity index (χ0n) is 13.1. The molecular formula is C17H13N3O3S. The summed E-state index contributed by atoms with van der Waals surface area (Å²) in [5.74, 6) is 0.330. The lowest BCUT2D eigenvalue weighted by molar-refractivity contribution is 0.0531. The molecule has 24 heavy (non-hydrogen) atoms. The SMILES string of the molecule is CCOC(=O)c1sc2ncnc(Oc3ccccc3C#N)c2c1C. The third-order valence-electron chi connectivity index (χ3n) is 3.37. The van der Waals surface area contributed by atoms with Gasteiger partial charge in [-0.15, -0.1) is 11.3 Å². The lowest BCUT2D eigenvalue weighted by Crippen LogP contribution is -2.03. The van der Waals surface area contributed by atoms with Crippen molar-refractivity contribution in [2.45, 2.75) is 13.8 Å². The number of aryl methyl sites for hydroxylation is 1. The molecule has 2 heterocycles. The van der Waals surface area contributed by atoms with Crippen molar-refractivity contribution in [3.05, 3.63) is 46.6 Å². The normalized spacial score (nSPS) is 10.4. The van der Waals surface area contributed by atoms with Crippen LogP contribution in [0.5, 0.6) is 11.6 Å². The van der Waals surface area contributed by atoms with Gasteiger partial charge in [0.2, 0.25) is 5.88 Å². The number of ether oxygens (including phenoxy) is 2. The molecule has 0 saturated heterocycles. The summed E-state index contributed by atoms with van der Waals surface area (Å²) in [5.41, 5.74) is 1.11. The first-order chi connectivity index (χ1) is 11.7. The number of aromatic nitrogens is 2. The Balaban J connectivity index is 2.09. The molecule has 3 rings (SSSR count). The van der Waals surface area contributed by atoms with Gasteiger partial charge < -0.3 is 9.47 Å². The highest BCUT2D eigenvalue weighted by molar-refractivity contribution is 7.20. The molecule has 0 radical (unpaired) electrons. The van der Waals surface area contributed by atoms with Crippen molar-refractivity contribution in [3.63, 3.8) is 0 Å². The molecule has 0 amide bonds. The van der Waals surface area contributed by atoms with Crippen LogP contribution >= 0.6 is 11.3 Å². The molecule has 0 saturated carbocycles. The average molecular weight is 339 g/mol. The molecule has 0 bridgehead atoms. The quantitative estimate of drug-likeness (QED) is 0.671. The van der Waals surface area contributed by atoms with Crippen LogP contribution in [0.4, 0.5) is 0 Å². The van der Waals surface area contributed by atoms with Crippen molar-refractivity contribution in [1.29, 1.82) is 5.26 Å². The minimum Gasteiger partial charge on any atom is -0.462 e. The second-order valence-corrected chi connectivity index (χ2v) is 5.84. The maximum Gasteiger partial charge on any atom is 0.348 e. The monoisotopic (exact) mass is 339 g/mol. The number of fused-ring (bicyclic) bond motifs is 1. The van der Waals surface area contributed by atoms with E-state index in [2.05, 4.69) is 16.0 Å². The van der Waals surface area contributed by atoms with Crippen LogP contribution in [0.25, 0.3) is 10.2 Å². The summed E-state index contributed by atoms with van der Waals surface area (Å²) in [4.78, 5) is 21.5. The van der Waals surface area contributed by atoms with Crippen molar-refractivity contribution in [3.8, 4) is 17.7 Å². The van der Waals surface area contributed by atoms with Crippen molar-refractivity contribution < 1.29 is 14.3 Å². The van der Waals surface area contributed by atoms with Crippen molar-refractivity contribution >= 4 is 27.5 Å². The molecule has 120 valence electrons. The summed E-state index contributed by atoms with van der Waals surface area (Å²) in [6.07, 6.45) is 1.37. The molecule has 0 N–H and O–H groups in total. The third kappa shape index (κ3) is 2.79. The van der Waals surface area contributed by atoms with E-state index in [0.29, 0.717) is 44.5 Å². The van der Waals surface area contributed by atoms with Crippen LogP contribution in [0.2, 0.25) is 0 Å². The summed E-state index contributed by atoms with van der Waals surface area (Å²) < 4.78 is 10.9. The molecule has 2 aromatic heterocycles. The largest absolute Gasteiger partial charge is 0.462 e. The Labute approximate surface area is 142 Å². The number of thiophene rings is 1. The topological polar surface area (TPSA) is 85.1 Å². The Morgan fingerprint density at radius 1 is 1.33 bits per heavy atom. The van der Waals surface area contributed by atoms with Gasteiger partial charge in [-0.2, -0.15) is 5.26 Å². The first-order valence-electron chi connectivity index (χ1n) is 7.24. The molecule has 6 nitrogen and oxygen atoms in total. The average Bonchev–Trinajstić information content (AvgIpc) is 2.94. The Bertz CT molecular complexity index is 959. The fraction of sp³-hybridized carbons (Fsp3) is 0.176. The number of nitrogens with zero attached hydrogens (tertiary/aromatic N) is 3. The summed E-state index contributed by atoms with van der Waals surface area (Å²) in [7, 11) is 0. The van der Waals surface area contributed by atoms with Crippen LogP contribution in [0.3, 0.4) is 0 Å². The number of hydrogen-bond donors (Lipinski definition) is 0. The smallest absolute Gasteiger partial charge is 0.348 e. The van der Waals surface area contributed by atoms with Crippen LogP contribution in [-0.2, 0) is 4.74 Å². The highest BCUT2D eigenvalue weighted by Gasteiger charge is 2.21. The van der Waals surface area contributed by atoms with Crippen LogP contribution in [0.1, 0.15) is 27.7 Å². The zero-order chi connectivity index (χ0) is 17.1. The summed E-state index contributed by atoms with van der Waals surface area (Å²) in [6.45, 7) is 3.86. The van der Waals surface area contributed by atoms with E-state index < -0.39 is 0 Å². The summed E-state index contributed by atoms with van der Waals surface area (Å²) in [5, 5.41) is 9.83. The van der Waals surface area contributed by atoms with Crippen LogP contribution in [0, 0.1) is 18.3 Å². The molecule has 1 aromatic carbocycles. The van der Waals surface area contributed by atoms with E-state index in [1.54, 1.807) is 38.1 Å². The number of hydrogen-bond acceptors (Lipinski definition) is 7. The molecule has 3 aromatic rings. The van der Waals surface area contributed by atoms with Gasteiger partial charge in [-0.05, 0) is 31.5 Å². The maximum atomic E-state index is 12.1. The van der Waals surface area contributed by atoms with Crippen LogP contribution in [0.15, 0.2) is 30.6 Å². The number of esters is 1. The van der Waals surface area contributed by atoms with E-state index in [4.69, 9.17) is 9.47 Å². The van der Waals surface area contributed by atoms with Gasteiger partial charge in [-0.1, -0.05) is 12.1 Å². The molecule has 0 atom stereocenters. The Morgan fingerprint density at radius 3 is 2.88 bits per heavy atom. The minimum atomic E-state index is -0.388. The zero-order valence-corrected chi connectivity index (χ0v) is 13.9. The standard InChI is InChI=1S/C17H13N3O3S/c1-3-22-17(21)14-10(2)13-15(19-9-20-16(13)24-14)23-12-7-5-4-6-11(12)8-18/h4-7,9H,3H2,1-2H3. The highest BCUT2D eigenvalue weighted by Crippen LogP contribution is 2.37. The summed E-state index contributed by atoms with van der Waals surface area (Å²) in [6, 6.07) is 8.98. The second kappa shape index (κ2) is 6.64. The van der Waals surface area contributed by atoms with Gasteiger partial charge in [-0.3, -0.25) is 0 Å². The predicted octanol–water partition coefficient (Wildman–Crippen LogP) is 3.84.